The lowest BCUT2D eigenvalue weighted by Crippen LogP contribution is -2.40. The standard InChI is InChI=1S/C15H21FN2O/c1-15(2)10-17-7-8-18(11-15)14(19)9-12-5-3-4-6-13(12)16/h3-6,17H,7-11H2,1-2H3. The number of carbonyl (C=O) groups is 1. The van der Waals surface area contributed by atoms with E-state index in [1.165, 1.54) is 6.07 Å². The van der Waals surface area contributed by atoms with E-state index in [1.54, 1.807) is 18.2 Å². The van der Waals surface area contributed by atoms with Gasteiger partial charge in [0.25, 0.3) is 0 Å². The molecule has 0 atom stereocenters. The summed E-state index contributed by atoms with van der Waals surface area (Å²) in [6.45, 7) is 7.37. The maximum absolute atomic E-state index is 13.6. The molecular weight excluding hydrogens is 243 g/mol. The molecule has 1 amide bonds. The summed E-state index contributed by atoms with van der Waals surface area (Å²) in [6.07, 6.45) is 0.142. The van der Waals surface area contributed by atoms with Crippen LogP contribution in [0.1, 0.15) is 19.4 Å². The number of hydrogen-bond acceptors (Lipinski definition) is 2. The second kappa shape index (κ2) is 5.70. The van der Waals surface area contributed by atoms with Crippen molar-refractivity contribution in [2.75, 3.05) is 26.2 Å². The summed E-state index contributed by atoms with van der Waals surface area (Å²) < 4.78 is 13.6. The van der Waals surface area contributed by atoms with Crippen LogP contribution in [0.4, 0.5) is 4.39 Å². The first kappa shape index (κ1) is 14.0. The molecule has 1 aliphatic heterocycles. The molecule has 1 aromatic carbocycles. The van der Waals surface area contributed by atoms with Gasteiger partial charge in [0, 0.05) is 26.2 Å². The number of hydrogen-bond donors (Lipinski definition) is 1. The monoisotopic (exact) mass is 264 g/mol. The topological polar surface area (TPSA) is 32.3 Å². The molecule has 0 radical (unpaired) electrons. The average Bonchev–Trinajstić information content (AvgIpc) is 2.53. The third-order valence-electron chi connectivity index (χ3n) is 3.43. The summed E-state index contributed by atoms with van der Waals surface area (Å²) in [5, 5.41) is 3.33. The van der Waals surface area contributed by atoms with Crippen LogP contribution in [0.3, 0.4) is 0 Å². The van der Waals surface area contributed by atoms with Crippen molar-refractivity contribution >= 4 is 5.91 Å². The smallest absolute Gasteiger partial charge is 0.227 e. The molecule has 0 aromatic heterocycles. The molecule has 4 heteroatoms. The van der Waals surface area contributed by atoms with Crippen molar-refractivity contribution in [3.05, 3.63) is 35.6 Å². The van der Waals surface area contributed by atoms with Crippen LogP contribution in [-0.2, 0) is 11.2 Å². The zero-order chi connectivity index (χ0) is 13.9. The van der Waals surface area contributed by atoms with Crippen molar-refractivity contribution in [3.63, 3.8) is 0 Å². The van der Waals surface area contributed by atoms with Gasteiger partial charge in [0.05, 0.1) is 6.42 Å². The Balaban J connectivity index is 2.05. The van der Waals surface area contributed by atoms with Crippen molar-refractivity contribution in [3.8, 4) is 0 Å². The molecule has 3 nitrogen and oxygen atoms in total. The van der Waals surface area contributed by atoms with Gasteiger partial charge in [-0.05, 0) is 17.0 Å². The molecule has 0 aliphatic carbocycles. The van der Waals surface area contributed by atoms with Crippen molar-refractivity contribution in [2.24, 2.45) is 5.41 Å². The molecule has 1 N–H and O–H groups in total. The average molecular weight is 264 g/mol. The van der Waals surface area contributed by atoms with E-state index < -0.39 is 0 Å². The number of nitrogens with one attached hydrogen (secondary N) is 1. The van der Waals surface area contributed by atoms with Gasteiger partial charge in [-0.15, -0.1) is 0 Å². The Labute approximate surface area is 113 Å². The van der Waals surface area contributed by atoms with Crippen LogP contribution in [0.5, 0.6) is 0 Å². The van der Waals surface area contributed by atoms with E-state index in [4.69, 9.17) is 0 Å². The van der Waals surface area contributed by atoms with E-state index in [0.717, 1.165) is 13.1 Å². The molecule has 1 aliphatic rings. The fourth-order valence-corrected chi connectivity index (χ4v) is 2.42. The molecule has 1 heterocycles. The zero-order valence-corrected chi connectivity index (χ0v) is 11.6. The molecule has 0 unspecified atom stereocenters. The SMILES string of the molecule is CC1(C)CNCCN(C(=O)Cc2ccccc2F)C1. The molecule has 0 spiro atoms. The van der Waals surface area contributed by atoms with Crippen LogP contribution < -0.4 is 5.32 Å². The molecule has 0 bridgehead atoms. The van der Waals surface area contributed by atoms with Gasteiger partial charge in [-0.25, -0.2) is 4.39 Å². The minimum absolute atomic E-state index is 0.00174. The largest absolute Gasteiger partial charge is 0.341 e. The predicted molar refractivity (Wildman–Crippen MR) is 73.3 cm³/mol. The first-order valence-electron chi connectivity index (χ1n) is 6.70. The maximum Gasteiger partial charge on any atom is 0.227 e. The van der Waals surface area contributed by atoms with E-state index in [-0.39, 0.29) is 23.6 Å². The van der Waals surface area contributed by atoms with Crippen molar-refractivity contribution < 1.29 is 9.18 Å². The van der Waals surface area contributed by atoms with Crippen molar-refractivity contribution in [1.29, 1.82) is 0 Å². The molecule has 1 fully saturated rings. The Kier molecular flexibility index (Phi) is 4.20. The molecular formula is C15H21FN2O. The van der Waals surface area contributed by atoms with Gasteiger partial charge in [-0.1, -0.05) is 32.0 Å². The van der Waals surface area contributed by atoms with Crippen LogP contribution in [0.25, 0.3) is 0 Å². The minimum Gasteiger partial charge on any atom is -0.341 e. The highest BCUT2D eigenvalue weighted by Crippen LogP contribution is 2.19. The molecule has 0 saturated carbocycles. The Morgan fingerprint density at radius 1 is 1.42 bits per heavy atom. The lowest BCUT2D eigenvalue weighted by molar-refractivity contribution is -0.131. The van der Waals surface area contributed by atoms with Gasteiger partial charge >= 0.3 is 0 Å². The number of halogens is 1. The summed E-state index contributed by atoms with van der Waals surface area (Å²) in [4.78, 5) is 14.1. The Morgan fingerprint density at radius 3 is 2.89 bits per heavy atom. The highest BCUT2D eigenvalue weighted by atomic mass is 19.1. The van der Waals surface area contributed by atoms with Crippen LogP contribution in [0.15, 0.2) is 24.3 Å². The highest BCUT2D eigenvalue weighted by molar-refractivity contribution is 5.79. The first-order valence-corrected chi connectivity index (χ1v) is 6.70. The fraction of sp³-hybridized carbons (Fsp3) is 0.533. The number of benzene rings is 1. The quantitative estimate of drug-likeness (QED) is 0.884. The van der Waals surface area contributed by atoms with Gasteiger partial charge in [-0.2, -0.15) is 0 Å². The zero-order valence-electron chi connectivity index (χ0n) is 11.6. The highest BCUT2D eigenvalue weighted by Gasteiger charge is 2.27. The van der Waals surface area contributed by atoms with E-state index in [1.807, 2.05) is 4.90 Å². The lowest BCUT2D eigenvalue weighted by Gasteiger charge is -2.29. The third-order valence-corrected chi connectivity index (χ3v) is 3.43. The van der Waals surface area contributed by atoms with Gasteiger partial charge in [0.15, 0.2) is 0 Å². The van der Waals surface area contributed by atoms with Crippen LogP contribution >= 0.6 is 0 Å². The van der Waals surface area contributed by atoms with E-state index >= 15 is 0 Å². The second-order valence-corrected chi connectivity index (χ2v) is 5.92. The van der Waals surface area contributed by atoms with Crippen LogP contribution in [-0.4, -0.2) is 37.0 Å². The predicted octanol–water partition coefficient (Wildman–Crippen LogP) is 1.83. The molecule has 2 rings (SSSR count). The van der Waals surface area contributed by atoms with Gasteiger partial charge in [0.1, 0.15) is 5.82 Å². The third kappa shape index (κ3) is 3.77. The molecule has 19 heavy (non-hydrogen) atoms. The van der Waals surface area contributed by atoms with E-state index in [9.17, 15) is 9.18 Å². The summed E-state index contributed by atoms with van der Waals surface area (Å²) in [7, 11) is 0. The second-order valence-electron chi connectivity index (χ2n) is 5.92. The lowest BCUT2D eigenvalue weighted by atomic mass is 9.93. The summed E-state index contributed by atoms with van der Waals surface area (Å²) >= 11 is 0. The summed E-state index contributed by atoms with van der Waals surface area (Å²) in [5.41, 5.74) is 0.531. The minimum atomic E-state index is -0.303. The van der Waals surface area contributed by atoms with Gasteiger partial charge in [-0.3, -0.25) is 4.79 Å². The number of amides is 1. The first-order chi connectivity index (χ1) is 8.98. The van der Waals surface area contributed by atoms with E-state index in [0.29, 0.717) is 18.7 Å². The van der Waals surface area contributed by atoms with E-state index in [2.05, 4.69) is 19.2 Å². The van der Waals surface area contributed by atoms with Crippen molar-refractivity contribution in [2.45, 2.75) is 20.3 Å². The molecule has 1 aromatic rings. The molecule has 1 saturated heterocycles. The van der Waals surface area contributed by atoms with Crippen LogP contribution in [0, 0.1) is 11.2 Å². The van der Waals surface area contributed by atoms with Gasteiger partial charge in [0.2, 0.25) is 5.91 Å². The fourth-order valence-electron chi connectivity index (χ4n) is 2.42. The van der Waals surface area contributed by atoms with Gasteiger partial charge < -0.3 is 10.2 Å². The normalized spacial score (nSPS) is 19.0. The van der Waals surface area contributed by atoms with Crippen LogP contribution in [0.2, 0.25) is 0 Å². The summed E-state index contributed by atoms with van der Waals surface area (Å²) in [6, 6.07) is 6.48. The number of carbonyl (C=O) groups excluding carboxylic acids is 1. The maximum atomic E-state index is 13.6. The van der Waals surface area contributed by atoms with Crippen molar-refractivity contribution in [1.82, 2.24) is 10.2 Å². The molecule has 104 valence electrons. The Morgan fingerprint density at radius 2 is 2.16 bits per heavy atom. The number of rotatable bonds is 2. The summed E-state index contributed by atoms with van der Waals surface area (Å²) in [5.74, 6) is -0.301. The number of nitrogens with zero attached hydrogens (tertiary/aromatic N) is 1. The Bertz CT molecular complexity index is 459. The Hall–Kier alpha value is -1.42.